The van der Waals surface area contributed by atoms with Crippen molar-refractivity contribution < 1.29 is 4.92 Å². The van der Waals surface area contributed by atoms with Crippen molar-refractivity contribution in [3.63, 3.8) is 0 Å². The number of halogens is 1. The van der Waals surface area contributed by atoms with E-state index in [-0.39, 0.29) is 10.7 Å². The molecule has 0 unspecified atom stereocenters. The molecule has 4 nitrogen and oxygen atoms in total. The minimum atomic E-state index is -0.461. The summed E-state index contributed by atoms with van der Waals surface area (Å²) in [5, 5.41) is 14.3. The zero-order valence-corrected chi connectivity index (χ0v) is 12.2. The molecule has 0 aliphatic heterocycles. The van der Waals surface area contributed by atoms with Gasteiger partial charge in [0.1, 0.15) is 5.02 Å². The molecule has 0 fully saturated rings. The molecule has 0 amide bonds. The lowest BCUT2D eigenvalue weighted by Gasteiger charge is -2.10. The molecule has 0 radical (unpaired) electrons. The average Bonchev–Trinajstić information content (AvgIpc) is 2.35. The van der Waals surface area contributed by atoms with Gasteiger partial charge in [0, 0.05) is 18.7 Å². The van der Waals surface area contributed by atoms with Crippen molar-refractivity contribution in [1.82, 2.24) is 5.32 Å². The Hall–Kier alpha value is -1.39. The van der Waals surface area contributed by atoms with Crippen LogP contribution in [0.4, 0.5) is 5.69 Å². The number of benzene rings is 1. The van der Waals surface area contributed by atoms with Crippen molar-refractivity contribution in [1.29, 1.82) is 0 Å². The molecule has 0 saturated carbocycles. The van der Waals surface area contributed by atoms with Gasteiger partial charge in [-0.05, 0) is 18.1 Å². The van der Waals surface area contributed by atoms with E-state index < -0.39 is 4.92 Å². The monoisotopic (exact) mass is 282 g/mol. The molecule has 0 heterocycles. The lowest BCUT2D eigenvalue weighted by molar-refractivity contribution is -0.384. The number of nitrogens with zero attached hydrogens (tertiary/aromatic N) is 1. The third-order valence-electron chi connectivity index (χ3n) is 2.73. The molecule has 0 aromatic heterocycles. The first-order chi connectivity index (χ1) is 8.93. The molecule has 19 heavy (non-hydrogen) atoms. The van der Waals surface area contributed by atoms with Gasteiger partial charge in [-0.25, -0.2) is 0 Å². The van der Waals surface area contributed by atoms with E-state index in [9.17, 15) is 10.1 Å². The summed E-state index contributed by atoms with van der Waals surface area (Å²) >= 11 is 5.79. The highest BCUT2D eigenvalue weighted by molar-refractivity contribution is 6.32. The Morgan fingerprint density at radius 3 is 2.74 bits per heavy atom. The number of nitrogens with one attached hydrogen (secondary N) is 1. The maximum absolute atomic E-state index is 10.8. The molecule has 104 valence electrons. The molecule has 0 spiro atoms. The van der Waals surface area contributed by atoms with E-state index in [4.69, 9.17) is 11.6 Å². The summed E-state index contributed by atoms with van der Waals surface area (Å²) in [4.78, 5) is 10.4. The highest BCUT2D eigenvalue weighted by atomic mass is 35.5. The van der Waals surface area contributed by atoms with E-state index in [2.05, 4.69) is 26.1 Å². The van der Waals surface area contributed by atoms with Crippen molar-refractivity contribution in [2.75, 3.05) is 6.54 Å². The van der Waals surface area contributed by atoms with Crippen molar-refractivity contribution >= 4 is 23.4 Å². The summed E-state index contributed by atoms with van der Waals surface area (Å²) in [6.07, 6.45) is 2.87. The fourth-order valence-electron chi connectivity index (χ4n) is 1.61. The van der Waals surface area contributed by atoms with Gasteiger partial charge in [0.05, 0.1) is 4.92 Å². The van der Waals surface area contributed by atoms with E-state index in [1.807, 2.05) is 6.08 Å². The fourth-order valence-corrected chi connectivity index (χ4v) is 1.79. The third-order valence-corrected chi connectivity index (χ3v) is 3.05. The van der Waals surface area contributed by atoms with Crippen LogP contribution in [-0.4, -0.2) is 17.5 Å². The van der Waals surface area contributed by atoms with E-state index in [1.54, 1.807) is 12.1 Å². The largest absolute Gasteiger partial charge is 0.311 e. The second-order valence-electron chi connectivity index (χ2n) is 4.66. The minimum absolute atomic E-state index is 0.0531. The molecule has 5 heteroatoms. The highest BCUT2D eigenvalue weighted by Gasteiger charge is 2.12. The Balaban J connectivity index is 2.95. The Morgan fingerprint density at radius 2 is 2.21 bits per heavy atom. The van der Waals surface area contributed by atoms with Gasteiger partial charge in [-0.2, -0.15) is 0 Å². The second kappa shape index (κ2) is 7.26. The number of hydrogen-bond acceptors (Lipinski definition) is 3. The molecule has 1 aromatic carbocycles. The first kappa shape index (κ1) is 15.7. The Morgan fingerprint density at radius 1 is 1.53 bits per heavy atom. The van der Waals surface area contributed by atoms with Gasteiger partial charge in [-0.15, -0.1) is 0 Å². The van der Waals surface area contributed by atoms with Crippen LogP contribution in [0.5, 0.6) is 0 Å². The number of nitro groups is 1. The smallest absolute Gasteiger partial charge is 0.288 e. The minimum Gasteiger partial charge on any atom is -0.311 e. The first-order valence-electron chi connectivity index (χ1n) is 6.30. The zero-order chi connectivity index (χ0) is 14.4. The highest BCUT2D eigenvalue weighted by Crippen LogP contribution is 2.26. The predicted octanol–water partition coefficient (Wildman–Crippen LogP) is 4.04. The molecule has 1 aromatic rings. The fraction of sp³-hybridized carbons (Fsp3) is 0.429. The molecule has 0 aliphatic rings. The van der Waals surface area contributed by atoms with Crippen LogP contribution in [0, 0.1) is 10.1 Å². The van der Waals surface area contributed by atoms with Gasteiger partial charge >= 0.3 is 0 Å². The molecular formula is C14H19ClN2O2. The van der Waals surface area contributed by atoms with Crippen LogP contribution >= 0.6 is 11.6 Å². The summed E-state index contributed by atoms with van der Waals surface area (Å²) in [5.74, 6) is 0. The molecule has 0 saturated heterocycles. The molecular weight excluding hydrogens is 264 g/mol. The van der Waals surface area contributed by atoms with Gasteiger partial charge in [0.25, 0.3) is 5.69 Å². The lowest BCUT2D eigenvalue weighted by Crippen LogP contribution is -2.24. The first-order valence-corrected chi connectivity index (χ1v) is 6.68. The molecule has 1 rings (SSSR count). The summed E-state index contributed by atoms with van der Waals surface area (Å²) in [7, 11) is 0. The normalized spacial score (nSPS) is 11.9. The standard InChI is InChI=1S/C14H19ClN2O2/c1-4-11(9-16-10(2)3)7-12-5-6-13(15)14(8-12)17(18)19/h5-8,10,16H,4,9H2,1-3H3. The van der Waals surface area contributed by atoms with Crippen molar-refractivity contribution in [2.24, 2.45) is 0 Å². The van der Waals surface area contributed by atoms with Crippen molar-refractivity contribution in [3.8, 4) is 0 Å². The van der Waals surface area contributed by atoms with Crippen LogP contribution in [-0.2, 0) is 0 Å². The van der Waals surface area contributed by atoms with Crippen LogP contribution in [0.3, 0.4) is 0 Å². The predicted molar refractivity (Wildman–Crippen MR) is 79.5 cm³/mol. The van der Waals surface area contributed by atoms with Gasteiger partial charge in [0.2, 0.25) is 0 Å². The number of nitro benzene ring substituents is 1. The topological polar surface area (TPSA) is 55.2 Å². The van der Waals surface area contributed by atoms with Crippen LogP contribution in [0.25, 0.3) is 6.08 Å². The van der Waals surface area contributed by atoms with Gasteiger partial charge in [-0.3, -0.25) is 10.1 Å². The SMILES string of the molecule is CCC(=Cc1ccc(Cl)c([N+](=O)[O-])c1)CNC(C)C. The van der Waals surface area contributed by atoms with Gasteiger partial charge in [0.15, 0.2) is 0 Å². The average molecular weight is 283 g/mol. The van der Waals surface area contributed by atoms with Crippen LogP contribution in [0.1, 0.15) is 32.8 Å². The van der Waals surface area contributed by atoms with E-state index >= 15 is 0 Å². The van der Waals surface area contributed by atoms with Crippen LogP contribution < -0.4 is 5.32 Å². The number of hydrogen-bond donors (Lipinski definition) is 1. The summed E-state index contributed by atoms with van der Waals surface area (Å²) in [6.45, 7) is 7.02. The van der Waals surface area contributed by atoms with Crippen molar-refractivity contribution in [2.45, 2.75) is 33.2 Å². The van der Waals surface area contributed by atoms with Gasteiger partial charge in [-0.1, -0.05) is 50.1 Å². The molecule has 1 N–H and O–H groups in total. The Labute approximate surface area is 118 Å². The maximum atomic E-state index is 10.8. The van der Waals surface area contributed by atoms with Crippen LogP contribution in [0.15, 0.2) is 23.8 Å². The quantitative estimate of drug-likeness (QED) is 0.633. The summed E-state index contributed by atoms with van der Waals surface area (Å²) < 4.78 is 0. The summed E-state index contributed by atoms with van der Waals surface area (Å²) in [5.41, 5.74) is 1.95. The number of rotatable bonds is 6. The van der Waals surface area contributed by atoms with E-state index in [0.29, 0.717) is 6.04 Å². The van der Waals surface area contributed by atoms with Crippen molar-refractivity contribution in [3.05, 3.63) is 44.5 Å². The molecule has 0 aliphatic carbocycles. The Bertz CT molecular complexity index is 484. The second-order valence-corrected chi connectivity index (χ2v) is 5.07. The molecule has 0 atom stereocenters. The Kier molecular flexibility index (Phi) is 5.99. The lowest BCUT2D eigenvalue weighted by atomic mass is 10.1. The molecule has 0 bridgehead atoms. The van der Waals surface area contributed by atoms with Crippen LogP contribution in [0.2, 0.25) is 5.02 Å². The third kappa shape index (κ3) is 5.01. The zero-order valence-electron chi connectivity index (χ0n) is 11.4. The van der Waals surface area contributed by atoms with Gasteiger partial charge < -0.3 is 5.32 Å². The maximum Gasteiger partial charge on any atom is 0.288 e. The summed E-state index contributed by atoms with van der Waals surface area (Å²) in [6, 6.07) is 5.28. The van der Waals surface area contributed by atoms with E-state index in [1.165, 1.54) is 11.6 Å². The van der Waals surface area contributed by atoms with E-state index in [0.717, 1.165) is 18.5 Å².